The van der Waals surface area contributed by atoms with Crippen molar-refractivity contribution in [3.05, 3.63) is 29.8 Å². The van der Waals surface area contributed by atoms with Crippen molar-refractivity contribution >= 4 is 17.7 Å². The summed E-state index contributed by atoms with van der Waals surface area (Å²) in [5.41, 5.74) is 0.488. The lowest BCUT2D eigenvalue weighted by Gasteiger charge is -2.19. The fourth-order valence-corrected chi connectivity index (χ4v) is 2.14. The molecule has 0 aliphatic heterocycles. The van der Waals surface area contributed by atoms with Gasteiger partial charge in [0.2, 0.25) is 0 Å². The second kappa shape index (κ2) is 5.39. The predicted octanol–water partition coefficient (Wildman–Crippen LogP) is 3.44. The zero-order valence-electron chi connectivity index (χ0n) is 12.6. The van der Waals surface area contributed by atoms with Gasteiger partial charge in [0.15, 0.2) is 0 Å². The van der Waals surface area contributed by atoms with Crippen molar-refractivity contribution in [2.45, 2.75) is 45.6 Å². The number of hydrogen-bond acceptors (Lipinski definition) is 3. The highest BCUT2D eigenvalue weighted by Crippen LogP contribution is 2.48. The lowest BCUT2D eigenvalue weighted by Crippen LogP contribution is -2.27. The van der Waals surface area contributed by atoms with E-state index in [9.17, 15) is 14.7 Å². The lowest BCUT2D eigenvalue weighted by molar-refractivity contribution is -0.143. The second-order valence-corrected chi connectivity index (χ2v) is 6.59. The number of carbonyl (C=O) groups is 2. The highest BCUT2D eigenvalue weighted by atomic mass is 16.6. The van der Waals surface area contributed by atoms with Gasteiger partial charge in [-0.1, -0.05) is 12.1 Å². The first-order valence-corrected chi connectivity index (χ1v) is 7.03. The number of ether oxygens (including phenoxy) is 1. The molecule has 0 saturated heterocycles. The van der Waals surface area contributed by atoms with Crippen molar-refractivity contribution < 1.29 is 19.4 Å². The minimum atomic E-state index is -0.724. The van der Waals surface area contributed by atoms with Crippen LogP contribution in [0.5, 0.6) is 0 Å². The maximum atomic E-state index is 11.6. The van der Waals surface area contributed by atoms with Crippen molar-refractivity contribution in [2.75, 3.05) is 5.32 Å². The van der Waals surface area contributed by atoms with Gasteiger partial charge in [0, 0.05) is 5.69 Å². The van der Waals surface area contributed by atoms with Gasteiger partial charge in [0.25, 0.3) is 0 Å². The van der Waals surface area contributed by atoms with Crippen LogP contribution in [-0.2, 0) is 16.0 Å². The van der Waals surface area contributed by atoms with E-state index in [0.29, 0.717) is 12.1 Å². The summed E-state index contributed by atoms with van der Waals surface area (Å²) in [5, 5.41) is 11.8. The molecule has 5 nitrogen and oxygen atoms in total. The van der Waals surface area contributed by atoms with Gasteiger partial charge in [-0.3, -0.25) is 10.1 Å². The molecule has 0 heterocycles. The summed E-state index contributed by atoms with van der Waals surface area (Å²) in [7, 11) is 0. The van der Waals surface area contributed by atoms with Gasteiger partial charge < -0.3 is 9.84 Å². The van der Waals surface area contributed by atoms with Crippen LogP contribution in [0.4, 0.5) is 10.5 Å². The fraction of sp³-hybridized carbons (Fsp3) is 0.500. The molecular formula is C16H21NO4. The zero-order valence-corrected chi connectivity index (χ0v) is 12.6. The smallest absolute Gasteiger partial charge is 0.412 e. The first kappa shape index (κ1) is 15.4. The number of hydrogen-bond donors (Lipinski definition) is 2. The van der Waals surface area contributed by atoms with Crippen LogP contribution in [0.1, 0.15) is 39.2 Å². The summed E-state index contributed by atoms with van der Waals surface area (Å²) < 4.78 is 5.17. The summed E-state index contributed by atoms with van der Waals surface area (Å²) in [5.74, 6) is -0.724. The van der Waals surface area contributed by atoms with Gasteiger partial charge in [-0.15, -0.1) is 0 Å². The van der Waals surface area contributed by atoms with Gasteiger partial charge >= 0.3 is 12.1 Å². The fourth-order valence-electron chi connectivity index (χ4n) is 2.14. The molecule has 5 heteroatoms. The molecule has 0 unspecified atom stereocenters. The summed E-state index contributed by atoms with van der Waals surface area (Å²) >= 11 is 0. The largest absolute Gasteiger partial charge is 0.481 e. The van der Waals surface area contributed by atoms with Gasteiger partial charge in [-0.05, 0) is 57.7 Å². The van der Waals surface area contributed by atoms with Gasteiger partial charge in [-0.2, -0.15) is 0 Å². The molecule has 114 valence electrons. The monoisotopic (exact) mass is 291 g/mol. The number of carboxylic acids is 1. The summed E-state index contributed by atoms with van der Waals surface area (Å²) in [6.07, 6.45) is 1.51. The minimum absolute atomic E-state index is 0.501. The molecular weight excluding hydrogens is 270 g/mol. The van der Waals surface area contributed by atoms with E-state index in [1.807, 2.05) is 12.1 Å². The molecule has 2 rings (SSSR count). The van der Waals surface area contributed by atoms with Crippen molar-refractivity contribution in [2.24, 2.45) is 5.41 Å². The summed E-state index contributed by atoms with van der Waals surface area (Å²) in [6.45, 7) is 5.41. The molecule has 0 radical (unpaired) electrons. The molecule has 0 aromatic heterocycles. The minimum Gasteiger partial charge on any atom is -0.481 e. The molecule has 0 bridgehead atoms. The Morgan fingerprint density at radius 1 is 1.24 bits per heavy atom. The van der Waals surface area contributed by atoms with Crippen LogP contribution in [0.2, 0.25) is 0 Å². The van der Waals surface area contributed by atoms with Crippen LogP contribution in [0.3, 0.4) is 0 Å². The number of carbonyl (C=O) groups excluding carboxylic acids is 1. The van der Waals surface area contributed by atoms with E-state index in [2.05, 4.69) is 5.32 Å². The number of anilines is 1. The third kappa shape index (κ3) is 4.21. The van der Waals surface area contributed by atoms with Crippen molar-refractivity contribution in [3.63, 3.8) is 0 Å². The summed E-state index contributed by atoms with van der Waals surface area (Å²) in [6, 6.07) is 7.21. The number of amides is 1. The average molecular weight is 291 g/mol. The topological polar surface area (TPSA) is 75.6 Å². The Bertz CT molecular complexity index is 538. The highest BCUT2D eigenvalue weighted by molar-refractivity contribution is 5.84. The zero-order chi connectivity index (χ0) is 15.7. The molecule has 1 amide bonds. The number of carboxylic acid groups (broad SMARTS) is 1. The summed E-state index contributed by atoms with van der Waals surface area (Å²) in [4.78, 5) is 22.8. The van der Waals surface area contributed by atoms with E-state index in [0.717, 1.165) is 18.4 Å². The normalized spacial score (nSPS) is 16.1. The third-order valence-electron chi connectivity index (χ3n) is 3.45. The maximum Gasteiger partial charge on any atom is 0.412 e. The first-order valence-electron chi connectivity index (χ1n) is 7.03. The Morgan fingerprint density at radius 3 is 2.24 bits per heavy atom. The van der Waals surface area contributed by atoms with Crippen LogP contribution in [0, 0.1) is 5.41 Å². The number of nitrogens with one attached hydrogen (secondary N) is 1. The van der Waals surface area contributed by atoms with E-state index in [1.54, 1.807) is 32.9 Å². The average Bonchev–Trinajstić information content (AvgIpc) is 3.10. The molecule has 1 aromatic carbocycles. The van der Waals surface area contributed by atoms with Crippen LogP contribution < -0.4 is 5.32 Å². The Hall–Kier alpha value is -2.04. The molecule has 0 atom stereocenters. The SMILES string of the molecule is CC(C)(C)OC(=O)Nc1ccc(CC2(C(=O)O)CC2)cc1. The molecule has 2 N–H and O–H groups in total. The highest BCUT2D eigenvalue weighted by Gasteiger charge is 2.49. The van der Waals surface area contributed by atoms with Gasteiger partial charge in [0.1, 0.15) is 5.60 Å². The van der Waals surface area contributed by atoms with Crippen LogP contribution in [-0.4, -0.2) is 22.8 Å². The molecule has 1 fully saturated rings. The van der Waals surface area contributed by atoms with Crippen LogP contribution in [0.25, 0.3) is 0 Å². The number of aliphatic carboxylic acids is 1. The Labute approximate surface area is 124 Å². The molecule has 1 saturated carbocycles. The number of rotatable bonds is 4. The van der Waals surface area contributed by atoms with Crippen molar-refractivity contribution in [1.82, 2.24) is 0 Å². The molecule has 21 heavy (non-hydrogen) atoms. The first-order chi connectivity index (χ1) is 9.70. The van der Waals surface area contributed by atoms with E-state index < -0.39 is 23.1 Å². The molecule has 1 aromatic rings. The Balaban J connectivity index is 1.93. The number of benzene rings is 1. The van der Waals surface area contributed by atoms with Gasteiger partial charge in [0.05, 0.1) is 5.41 Å². The van der Waals surface area contributed by atoms with E-state index >= 15 is 0 Å². The third-order valence-corrected chi connectivity index (χ3v) is 3.45. The van der Waals surface area contributed by atoms with Gasteiger partial charge in [-0.25, -0.2) is 4.79 Å². The maximum absolute atomic E-state index is 11.6. The van der Waals surface area contributed by atoms with E-state index in [1.165, 1.54) is 0 Å². The predicted molar refractivity (Wildman–Crippen MR) is 79.3 cm³/mol. The Morgan fingerprint density at radius 2 is 1.81 bits per heavy atom. The standard InChI is InChI=1S/C16H21NO4/c1-15(2,3)21-14(20)17-12-6-4-11(5-7-12)10-16(8-9-16)13(18)19/h4-7H,8-10H2,1-3H3,(H,17,20)(H,18,19). The van der Waals surface area contributed by atoms with Crippen molar-refractivity contribution in [3.8, 4) is 0 Å². The molecule has 1 aliphatic rings. The van der Waals surface area contributed by atoms with Crippen molar-refractivity contribution in [1.29, 1.82) is 0 Å². The lowest BCUT2D eigenvalue weighted by atomic mass is 9.96. The van der Waals surface area contributed by atoms with Crippen LogP contribution >= 0.6 is 0 Å². The molecule has 1 aliphatic carbocycles. The van der Waals surface area contributed by atoms with Crippen LogP contribution in [0.15, 0.2) is 24.3 Å². The molecule has 0 spiro atoms. The quantitative estimate of drug-likeness (QED) is 0.891. The second-order valence-electron chi connectivity index (χ2n) is 6.59. The van der Waals surface area contributed by atoms with E-state index in [4.69, 9.17) is 4.74 Å². The van der Waals surface area contributed by atoms with E-state index in [-0.39, 0.29) is 0 Å². The Kier molecular flexibility index (Phi) is 3.94.